The third-order valence-electron chi connectivity index (χ3n) is 9.07. The molecule has 0 atom stereocenters. The molecule has 0 amide bonds. The first-order valence-corrected chi connectivity index (χ1v) is 14.9. The Bertz CT molecular complexity index is 1320. The minimum Gasteiger partial charge on any atom is -0.393 e. The van der Waals surface area contributed by atoms with Crippen LogP contribution in [0.3, 0.4) is 0 Å². The standard InChI is InChI=1S/C30H42N6O2/c1-2-3-14-31-30-32-20-27-25-11-8-23(35-17-12-21(13-18-35)34-15-4-5-16-34)19-26(25)29(38)36(28(27)33-30)22-6-9-24(37)10-7-22/h8,11,19-22,24,37H,2-7,9-10,12-18H2,1H3,(H,31,32,33)/t22-,24-. The number of likely N-dealkylation sites (tertiary alicyclic amines) is 1. The van der Waals surface area contributed by atoms with E-state index in [0.29, 0.717) is 17.6 Å². The molecule has 3 aromatic rings. The quantitative estimate of drug-likeness (QED) is 0.346. The zero-order chi connectivity index (χ0) is 26.1. The summed E-state index contributed by atoms with van der Waals surface area (Å²) >= 11 is 0. The SMILES string of the molecule is CCCCNc1ncc2c3ccc(N4CCC(N5CCCC5)CC4)cc3c(=O)n([C@H]3CC[C@H](O)CC3)c2n1. The lowest BCUT2D eigenvalue weighted by Gasteiger charge is -2.38. The zero-order valence-electron chi connectivity index (χ0n) is 22.7. The van der Waals surface area contributed by atoms with E-state index in [1.165, 1.54) is 38.8 Å². The molecule has 0 bridgehead atoms. The van der Waals surface area contributed by atoms with E-state index in [-0.39, 0.29) is 17.7 Å². The number of nitrogens with one attached hydrogen (secondary N) is 1. The maximum atomic E-state index is 14.2. The molecule has 2 aliphatic heterocycles. The van der Waals surface area contributed by atoms with Crippen LogP contribution < -0.4 is 15.8 Å². The monoisotopic (exact) mass is 518 g/mol. The second kappa shape index (κ2) is 11.2. The smallest absolute Gasteiger partial charge is 0.260 e. The Morgan fingerprint density at radius 2 is 1.71 bits per heavy atom. The lowest BCUT2D eigenvalue weighted by molar-refractivity contribution is 0.111. The Labute approximate surface area is 225 Å². The highest BCUT2D eigenvalue weighted by Gasteiger charge is 2.28. The van der Waals surface area contributed by atoms with Crippen molar-refractivity contribution in [1.29, 1.82) is 0 Å². The summed E-state index contributed by atoms with van der Waals surface area (Å²) in [5.41, 5.74) is 1.87. The van der Waals surface area contributed by atoms with Gasteiger partial charge in [-0.1, -0.05) is 19.4 Å². The highest BCUT2D eigenvalue weighted by molar-refractivity contribution is 6.05. The van der Waals surface area contributed by atoms with Gasteiger partial charge in [0.1, 0.15) is 5.65 Å². The summed E-state index contributed by atoms with van der Waals surface area (Å²) < 4.78 is 1.92. The molecule has 2 N–H and O–H groups in total. The van der Waals surface area contributed by atoms with Crippen molar-refractivity contribution in [2.24, 2.45) is 0 Å². The van der Waals surface area contributed by atoms with Gasteiger partial charge in [-0.2, -0.15) is 4.98 Å². The van der Waals surface area contributed by atoms with Crippen LogP contribution in [0.25, 0.3) is 21.8 Å². The molecule has 0 unspecified atom stereocenters. The van der Waals surface area contributed by atoms with E-state index in [0.717, 1.165) is 80.0 Å². The number of aromatic nitrogens is 3. The van der Waals surface area contributed by atoms with Crippen LogP contribution in [0.2, 0.25) is 0 Å². The number of aliphatic hydroxyl groups excluding tert-OH is 1. The van der Waals surface area contributed by atoms with Gasteiger partial charge in [-0.25, -0.2) is 4.98 Å². The van der Waals surface area contributed by atoms with Crippen LogP contribution in [0, 0.1) is 0 Å². The van der Waals surface area contributed by atoms with Gasteiger partial charge in [0.2, 0.25) is 5.95 Å². The Morgan fingerprint density at radius 3 is 2.45 bits per heavy atom. The molecule has 8 heteroatoms. The summed E-state index contributed by atoms with van der Waals surface area (Å²) in [5.74, 6) is 0.576. The minimum absolute atomic E-state index is 0.0286. The van der Waals surface area contributed by atoms with Gasteiger partial charge >= 0.3 is 0 Å². The molecular weight excluding hydrogens is 476 g/mol. The van der Waals surface area contributed by atoms with Crippen LogP contribution >= 0.6 is 0 Å². The molecule has 8 nitrogen and oxygen atoms in total. The van der Waals surface area contributed by atoms with Gasteiger partial charge in [-0.3, -0.25) is 9.36 Å². The number of fused-ring (bicyclic) bond motifs is 3. The number of piperidine rings is 1. The molecule has 1 aromatic carbocycles. The van der Waals surface area contributed by atoms with E-state index in [2.05, 4.69) is 45.2 Å². The molecule has 0 spiro atoms. The van der Waals surface area contributed by atoms with Crippen LogP contribution in [-0.4, -0.2) is 69.4 Å². The van der Waals surface area contributed by atoms with Crippen LogP contribution in [0.1, 0.15) is 77.2 Å². The van der Waals surface area contributed by atoms with Crippen molar-refractivity contribution >= 4 is 33.4 Å². The fourth-order valence-electron chi connectivity index (χ4n) is 6.83. The van der Waals surface area contributed by atoms with Gasteiger partial charge in [0.05, 0.1) is 11.5 Å². The van der Waals surface area contributed by atoms with Crippen molar-refractivity contribution in [3.8, 4) is 0 Å². The molecule has 2 saturated heterocycles. The topological polar surface area (TPSA) is 86.5 Å². The zero-order valence-corrected chi connectivity index (χ0v) is 22.7. The summed E-state index contributed by atoms with van der Waals surface area (Å²) in [6.07, 6.45) is 11.8. The van der Waals surface area contributed by atoms with Gasteiger partial charge in [0, 0.05) is 49.0 Å². The highest BCUT2D eigenvalue weighted by Crippen LogP contribution is 2.33. The molecule has 3 aliphatic rings. The van der Waals surface area contributed by atoms with Crippen molar-refractivity contribution in [3.63, 3.8) is 0 Å². The predicted molar refractivity (Wildman–Crippen MR) is 154 cm³/mol. The van der Waals surface area contributed by atoms with Crippen LogP contribution in [-0.2, 0) is 0 Å². The number of hydrogen-bond acceptors (Lipinski definition) is 7. The van der Waals surface area contributed by atoms with Gasteiger partial charge in [0.25, 0.3) is 5.56 Å². The fraction of sp³-hybridized carbons (Fsp3) is 0.633. The van der Waals surface area contributed by atoms with Crippen molar-refractivity contribution in [1.82, 2.24) is 19.4 Å². The average Bonchev–Trinajstić information content (AvgIpc) is 3.49. The van der Waals surface area contributed by atoms with E-state index >= 15 is 0 Å². The number of pyridine rings is 1. The molecule has 0 radical (unpaired) electrons. The molecule has 204 valence electrons. The molecule has 2 aromatic heterocycles. The van der Waals surface area contributed by atoms with Gasteiger partial charge in [0.15, 0.2) is 0 Å². The summed E-state index contributed by atoms with van der Waals surface area (Å²) in [4.78, 5) is 28.8. The molecule has 1 aliphatic carbocycles. The third-order valence-corrected chi connectivity index (χ3v) is 9.07. The minimum atomic E-state index is -0.273. The average molecular weight is 519 g/mol. The molecule has 3 fully saturated rings. The first-order valence-electron chi connectivity index (χ1n) is 14.9. The maximum absolute atomic E-state index is 14.2. The van der Waals surface area contributed by atoms with E-state index < -0.39 is 0 Å². The lowest BCUT2D eigenvalue weighted by atomic mass is 9.92. The van der Waals surface area contributed by atoms with E-state index in [4.69, 9.17) is 4.98 Å². The highest BCUT2D eigenvalue weighted by atomic mass is 16.3. The number of unbranched alkanes of at least 4 members (excludes halogenated alkanes) is 1. The van der Waals surface area contributed by atoms with E-state index in [1.54, 1.807) is 0 Å². The predicted octanol–water partition coefficient (Wildman–Crippen LogP) is 4.70. The normalized spacial score (nSPS) is 23.5. The summed E-state index contributed by atoms with van der Waals surface area (Å²) in [7, 11) is 0. The summed E-state index contributed by atoms with van der Waals surface area (Å²) in [6, 6.07) is 7.12. The Morgan fingerprint density at radius 1 is 0.947 bits per heavy atom. The second-order valence-electron chi connectivity index (χ2n) is 11.5. The Kier molecular flexibility index (Phi) is 7.52. The van der Waals surface area contributed by atoms with Crippen LogP contribution in [0.4, 0.5) is 11.6 Å². The fourth-order valence-corrected chi connectivity index (χ4v) is 6.83. The molecule has 38 heavy (non-hydrogen) atoms. The molecular formula is C30H42N6O2. The molecule has 4 heterocycles. The number of benzene rings is 1. The van der Waals surface area contributed by atoms with E-state index in [1.807, 2.05) is 10.8 Å². The summed E-state index contributed by atoms with van der Waals surface area (Å²) in [6.45, 7) is 7.55. The second-order valence-corrected chi connectivity index (χ2v) is 11.5. The molecule has 6 rings (SSSR count). The van der Waals surface area contributed by atoms with Crippen molar-refractivity contribution in [2.75, 3.05) is 42.9 Å². The van der Waals surface area contributed by atoms with Gasteiger partial charge < -0.3 is 20.2 Å². The van der Waals surface area contributed by atoms with Crippen LogP contribution in [0.5, 0.6) is 0 Å². The third kappa shape index (κ3) is 5.00. The maximum Gasteiger partial charge on any atom is 0.260 e. The molecule has 1 saturated carbocycles. The first kappa shape index (κ1) is 25.6. The van der Waals surface area contributed by atoms with Gasteiger partial charge in [-0.15, -0.1) is 0 Å². The number of hydrogen-bond donors (Lipinski definition) is 2. The van der Waals surface area contributed by atoms with E-state index in [9.17, 15) is 9.90 Å². The Balaban J connectivity index is 1.37. The summed E-state index contributed by atoms with van der Waals surface area (Å²) in [5, 5.41) is 16.1. The lowest BCUT2D eigenvalue weighted by Crippen LogP contribution is -2.43. The van der Waals surface area contributed by atoms with Crippen molar-refractivity contribution in [3.05, 3.63) is 34.7 Å². The van der Waals surface area contributed by atoms with Gasteiger partial charge in [-0.05, 0) is 88.4 Å². The largest absolute Gasteiger partial charge is 0.393 e. The van der Waals surface area contributed by atoms with Crippen LogP contribution in [0.15, 0.2) is 29.2 Å². The van der Waals surface area contributed by atoms with Crippen molar-refractivity contribution < 1.29 is 5.11 Å². The van der Waals surface area contributed by atoms with Crippen molar-refractivity contribution in [2.45, 2.75) is 89.3 Å². The number of rotatable bonds is 7. The number of aliphatic hydroxyl groups is 1. The first-order chi connectivity index (χ1) is 18.6. The Hall–Kier alpha value is -2.71. The number of anilines is 2. The number of nitrogens with zero attached hydrogens (tertiary/aromatic N) is 5.